The van der Waals surface area contributed by atoms with Crippen LogP contribution in [0, 0.1) is 5.82 Å². The van der Waals surface area contributed by atoms with Crippen LogP contribution < -0.4 is 10.6 Å². The van der Waals surface area contributed by atoms with Crippen molar-refractivity contribution in [2.75, 3.05) is 6.54 Å². The third kappa shape index (κ3) is 3.89. The van der Waals surface area contributed by atoms with Crippen LogP contribution in [0.1, 0.15) is 24.1 Å². The van der Waals surface area contributed by atoms with Gasteiger partial charge in [0.15, 0.2) is 0 Å². The highest BCUT2D eigenvalue weighted by atomic mass is 19.1. The molecule has 1 aliphatic heterocycles. The Labute approximate surface area is 172 Å². The summed E-state index contributed by atoms with van der Waals surface area (Å²) < 4.78 is 13.0. The standard InChI is InChI=1S/C22H21FN4O3/c1-13(14-6-8-16(23)9-7-14)25-20(28)12-27-21(29)19(26-22(27)30)10-15-11-24-18-5-3-2-4-17(15)18/h2-9,11,13,19,24H,10,12H2,1H3,(H,25,28)(H,26,30)/t13-,19-/m0/s1. The number of nitrogens with one attached hydrogen (secondary N) is 3. The first-order valence-corrected chi connectivity index (χ1v) is 9.64. The molecule has 0 spiro atoms. The molecule has 2 atom stereocenters. The van der Waals surface area contributed by atoms with Crippen LogP contribution in [0.25, 0.3) is 10.9 Å². The third-order valence-corrected chi connectivity index (χ3v) is 5.26. The molecule has 2 aromatic carbocycles. The Kier molecular flexibility index (Phi) is 5.22. The Balaban J connectivity index is 1.39. The lowest BCUT2D eigenvalue weighted by molar-refractivity contribution is -0.132. The number of carbonyl (C=O) groups is 3. The lowest BCUT2D eigenvalue weighted by atomic mass is 10.1. The van der Waals surface area contributed by atoms with Gasteiger partial charge >= 0.3 is 6.03 Å². The van der Waals surface area contributed by atoms with Gasteiger partial charge in [-0.15, -0.1) is 0 Å². The fourth-order valence-corrected chi connectivity index (χ4v) is 3.65. The highest BCUT2D eigenvalue weighted by Gasteiger charge is 2.39. The van der Waals surface area contributed by atoms with Crippen LogP contribution in [0.15, 0.2) is 54.7 Å². The number of hydrogen-bond acceptors (Lipinski definition) is 3. The van der Waals surface area contributed by atoms with E-state index in [9.17, 15) is 18.8 Å². The fraction of sp³-hybridized carbons (Fsp3) is 0.227. The van der Waals surface area contributed by atoms with Gasteiger partial charge in [-0.2, -0.15) is 0 Å². The Hall–Kier alpha value is -3.68. The SMILES string of the molecule is C[C@H](NC(=O)CN1C(=O)N[C@@H](Cc2c[nH]c3ccccc23)C1=O)c1ccc(F)cc1. The number of hydrogen-bond donors (Lipinski definition) is 3. The second-order valence-corrected chi connectivity index (χ2v) is 7.33. The number of fused-ring (bicyclic) bond motifs is 1. The maximum atomic E-state index is 13.0. The van der Waals surface area contributed by atoms with Gasteiger partial charge in [0.05, 0.1) is 6.04 Å². The zero-order valence-electron chi connectivity index (χ0n) is 16.3. The Morgan fingerprint density at radius 2 is 1.90 bits per heavy atom. The first-order valence-electron chi connectivity index (χ1n) is 9.64. The van der Waals surface area contributed by atoms with Crippen molar-refractivity contribution in [2.24, 2.45) is 0 Å². The molecule has 1 aliphatic rings. The van der Waals surface area contributed by atoms with Crippen LogP contribution in [0.3, 0.4) is 0 Å². The Morgan fingerprint density at radius 3 is 2.67 bits per heavy atom. The third-order valence-electron chi connectivity index (χ3n) is 5.26. The van der Waals surface area contributed by atoms with E-state index in [4.69, 9.17) is 0 Å². The molecule has 0 saturated carbocycles. The van der Waals surface area contributed by atoms with Crippen molar-refractivity contribution in [1.82, 2.24) is 20.5 Å². The summed E-state index contributed by atoms with van der Waals surface area (Å²) in [6, 6.07) is 11.8. The summed E-state index contributed by atoms with van der Waals surface area (Å²) >= 11 is 0. The minimum atomic E-state index is -0.723. The van der Waals surface area contributed by atoms with Crippen LogP contribution in [-0.2, 0) is 16.0 Å². The van der Waals surface area contributed by atoms with Gasteiger partial charge in [0, 0.05) is 23.5 Å². The molecule has 30 heavy (non-hydrogen) atoms. The first-order chi connectivity index (χ1) is 14.4. The molecule has 0 radical (unpaired) electrons. The number of carbonyl (C=O) groups excluding carboxylic acids is 3. The fourth-order valence-electron chi connectivity index (χ4n) is 3.65. The van der Waals surface area contributed by atoms with Crippen molar-refractivity contribution >= 4 is 28.7 Å². The second kappa shape index (κ2) is 7.98. The van der Waals surface area contributed by atoms with Gasteiger partial charge in [-0.25, -0.2) is 9.18 Å². The van der Waals surface area contributed by atoms with Gasteiger partial charge in [-0.3, -0.25) is 14.5 Å². The number of para-hydroxylation sites is 1. The molecule has 1 aromatic heterocycles. The van der Waals surface area contributed by atoms with E-state index in [1.165, 1.54) is 12.1 Å². The number of halogens is 1. The van der Waals surface area contributed by atoms with E-state index in [2.05, 4.69) is 15.6 Å². The zero-order chi connectivity index (χ0) is 21.3. The molecule has 3 N–H and O–H groups in total. The van der Waals surface area contributed by atoms with Gasteiger partial charge in [0.1, 0.15) is 18.4 Å². The van der Waals surface area contributed by atoms with Crippen molar-refractivity contribution in [1.29, 1.82) is 0 Å². The van der Waals surface area contributed by atoms with E-state index < -0.39 is 23.9 Å². The first kappa shape index (κ1) is 19.6. The highest BCUT2D eigenvalue weighted by molar-refractivity contribution is 6.06. The number of urea groups is 1. The monoisotopic (exact) mass is 408 g/mol. The van der Waals surface area contributed by atoms with Gasteiger partial charge in [0.2, 0.25) is 5.91 Å². The van der Waals surface area contributed by atoms with Crippen LogP contribution in [0.2, 0.25) is 0 Å². The lowest BCUT2D eigenvalue weighted by Crippen LogP contribution is -2.42. The minimum absolute atomic E-state index is 0.332. The average molecular weight is 408 g/mol. The molecule has 4 amide bonds. The maximum Gasteiger partial charge on any atom is 0.325 e. The van der Waals surface area contributed by atoms with Gasteiger partial charge in [0.25, 0.3) is 5.91 Å². The maximum absolute atomic E-state index is 13.0. The van der Waals surface area contributed by atoms with Crippen molar-refractivity contribution in [3.63, 3.8) is 0 Å². The van der Waals surface area contributed by atoms with E-state index >= 15 is 0 Å². The summed E-state index contributed by atoms with van der Waals surface area (Å²) in [5, 5.41) is 6.37. The summed E-state index contributed by atoms with van der Waals surface area (Å²) in [4.78, 5) is 41.4. The molecule has 0 bridgehead atoms. The lowest BCUT2D eigenvalue weighted by Gasteiger charge is -2.17. The van der Waals surface area contributed by atoms with E-state index in [0.717, 1.165) is 26.9 Å². The molecule has 3 aromatic rings. The molecule has 0 aliphatic carbocycles. The predicted octanol–water partition coefficient (Wildman–Crippen LogP) is 2.65. The molecule has 1 saturated heterocycles. The average Bonchev–Trinajstić information content (AvgIpc) is 3.25. The molecular weight excluding hydrogens is 387 g/mol. The number of nitrogens with zero attached hydrogens (tertiary/aromatic N) is 1. The molecule has 1 fully saturated rings. The number of aromatic amines is 1. The van der Waals surface area contributed by atoms with Crippen molar-refractivity contribution in [3.05, 3.63) is 71.7 Å². The predicted molar refractivity (Wildman–Crippen MR) is 109 cm³/mol. The zero-order valence-corrected chi connectivity index (χ0v) is 16.3. The second-order valence-electron chi connectivity index (χ2n) is 7.33. The summed E-state index contributed by atoms with van der Waals surface area (Å²) in [5.74, 6) is -1.27. The quantitative estimate of drug-likeness (QED) is 0.548. The molecule has 7 nitrogen and oxygen atoms in total. The van der Waals surface area contributed by atoms with Gasteiger partial charge in [-0.05, 0) is 36.2 Å². The van der Waals surface area contributed by atoms with E-state index in [1.54, 1.807) is 19.1 Å². The minimum Gasteiger partial charge on any atom is -0.361 e. The number of rotatable bonds is 6. The van der Waals surface area contributed by atoms with E-state index in [-0.39, 0.29) is 18.4 Å². The van der Waals surface area contributed by atoms with Crippen LogP contribution in [0.5, 0.6) is 0 Å². The van der Waals surface area contributed by atoms with Crippen molar-refractivity contribution in [2.45, 2.75) is 25.4 Å². The van der Waals surface area contributed by atoms with Gasteiger partial charge in [-0.1, -0.05) is 30.3 Å². The van der Waals surface area contributed by atoms with Crippen LogP contribution in [0.4, 0.5) is 9.18 Å². The number of amides is 4. The molecule has 2 heterocycles. The summed E-state index contributed by atoms with van der Waals surface area (Å²) in [5.41, 5.74) is 2.59. The van der Waals surface area contributed by atoms with Crippen molar-refractivity contribution in [3.8, 4) is 0 Å². The van der Waals surface area contributed by atoms with E-state index in [0.29, 0.717) is 6.42 Å². The number of imide groups is 1. The summed E-state index contributed by atoms with van der Waals surface area (Å²) in [6.07, 6.45) is 2.16. The molecular formula is C22H21FN4O3. The summed E-state index contributed by atoms with van der Waals surface area (Å²) in [7, 11) is 0. The highest BCUT2D eigenvalue weighted by Crippen LogP contribution is 2.21. The normalized spacial score (nSPS) is 17.3. The number of H-pyrrole nitrogens is 1. The van der Waals surface area contributed by atoms with Crippen LogP contribution in [-0.4, -0.2) is 40.3 Å². The van der Waals surface area contributed by atoms with Crippen LogP contribution >= 0.6 is 0 Å². The number of benzene rings is 2. The van der Waals surface area contributed by atoms with E-state index in [1.807, 2.05) is 30.5 Å². The molecule has 154 valence electrons. The molecule has 0 unspecified atom stereocenters. The molecule has 8 heteroatoms. The summed E-state index contributed by atoms with van der Waals surface area (Å²) in [6.45, 7) is 1.37. The molecule has 4 rings (SSSR count). The van der Waals surface area contributed by atoms with Crippen molar-refractivity contribution < 1.29 is 18.8 Å². The smallest absolute Gasteiger partial charge is 0.325 e. The topological polar surface area (TPSA) is 94.3 Å². The number of aromatic nitrogens is 1. The van der Waals surface area contributed by atoms with Gasteiger partial charge < -0.3 is 15.6 Å². The Bertz CT molecular complexity index is 1110. The Morgan fingerprint density at radius 1 is 1.17 bits per heavy atom. The largest absolute Gasteiger partial charge is 0.361 e.